The maximum absolute atomic E-state index is 12.4. The lowest BCUT2D eigenvalue weighted by molar-refractivity contribution is -0.384. The van der Waals surface area contributed by atoms with Crippen LogP contribution < -0.4 is 20.1 Å². The summed E-state index contributed by atoms with van der Waals surface area (Å²) in [6.07, 6.45) is 0. The highest BCUT2D eigenvalue weighted by atomic mass is 16.6. The van der Waals surface area contributed by atoms with Gasteiger partial charge in [-0.05, 0) is 25.1 Å². The molecular formula is C17H19N3O5. The maximum atomic E-state index is 12.4. The van der Waals surface area contributed by atoms with Crippen LogP contribution in [0.5, 0.6) is 11.5 Å². The van der Waals surface area contributed by atoms with Gasteiger partial charge in [-0.15, -0.1) is 0 Å². The number of hydrogen-bond acceptors (Lipinski definition) is 6. The van der Waals surface area contributed by atoms with E-state index < -0.39 is 11.0 Å². The molecule has 0 aromatic heterocycles. The van der Waals surface area contributed by atoms with Gasteiger partial charge in [0.05, 0.1) is 30.5 Å². The highest BCUT2D eigenvalue weighted by Crippen LogP contribution is 2.29. The highest BCUT2D eigenvalue weighted by molar-refractivity contribution is 5.97. The Morgan fingerprint density at radius 2 is 1.72 bits per heavy atom. The molecule has 8 heteroatoms. The van der Waals surface area contributed by atoms with E-state index in [1.165, 1.54) is 25.3 Å². The van der Waals surface area contributed by atoms with Crippen molar-refractivity contribution in [2.45, 2.75) is 13.0 Å². The van der Waals surface area contributed by atoms with Crippen molar-refractivity contribution in [3.05, 3.63) is 52.6 Å². The summed E-state index contributed by atoms with van der Waals surface area (Å²) in [5.41, 5.74) is 0.760. The Balaban J connectivity index is 2.15. The van der Waals surface area contributed by atoms with Crippen molar-refractivity contribution in [1.82, 2.24) is 0 Å². The number of nitro groups is 1. The molecule has 2 rings (SSSR count). The predicted octanol–water partition coefficient (Wildman–Crippen LogP) is 3.05. The summed E-state index contributed by atoms with van der Waals surface area (Å²) >= 11 is 0. The van der Waals surface area contributed by atoms with E-state index in [9.17, 15) is 14.9 Å². The number of nitrogens with one attached hydrogen (secondary N) is 2. The van der Waals surface area contributed by atoms with Crippen LogP contribution in [-0.4, -0.2) is 31.1 Å². The zero-order valence-corrected chi connectivity index (χ0v) is 14.1. The van der Waals surface area contributed by atoms with E-state index in [-0.39, 0.29) is 17.3 Å². The first kappa shape index (κ1) is 18.1. The second-order valence-corrected chi connectivity index (χ2v) is 5.20. The highest BCUT2D eigenvalue weighted by Gasteiger charge is 2.18. The lowest BCUT2D eigenvalue weighted by atomic mass is 10.2. The molecule has 0 heterocycles. The number of carbonyl (C=O) groups excluding carboxylic acids is 1. The average Bonchev–Trinajstić information content (AvgIpc) is 2.61. The summed E-state index contributed by atoms with van der Waals surface area (Å²) in [5.74, 6) is 0.572. The lowest BCUT2D eigenvalue weighted by Gasteiger charge is -2.18. The Morgan fingerprint density at radius 3 is 2.36 bits per heavy atom. The van der Waals surface area contributed by atoms with E-state index in [1.807, 2.05) is 12.1 Å². The van der Waals surface area contributed by atoms with Crippen LogP contribution in [0.25, 0.3) is 0 Å². The predicted molar refractivity (Wildman–Crippen MR) is 94.4 cm³/mol. The quantitative estimate of drug-likeness (QED) is 0.590. The number of nitrogens with zero attached hydrogens (tertiary/aromatic N) is 1. The number of anilines is 2. The van der Waals surface area contributed by atoms with Crippen molar-refractivity contribution in [2.75, 3.05) is 24.9 Å². The topological polar surface area (TPSA) is 103 Å². The SMILES string of the molecule is COc1ccc([N+](=O)[O-])cc1NC(=O)C(C)Nc1ccccc1OC. The van der Waals surface area contributed by atoms with E-state index >= 15 is 0 Å². The molecule has 0 bridgehead atoms. The standard InChI is InChI=1S/C17H19N3O5/c1-11(18-13-6-4-5-7-15(13)24-2)17(21)19-14-10-12(20(22)23)8-9-16(14)25-3/h4-11,18H,1-3H3,(H,19,21). The zero-order chi connectivity index (χ0) is 18.4. The number of non-ortho nitro benzene ring substituents is 1. The number of methoxy groups -OCH3 is 2. The van der Waals surface area contributed by atoms with Gasteiger partial charge >= 0.3 is 0 Å². The number of nitro benzene ring substituents is 1. The van der Waals surface area contributed by atoms with Gasteiger partial charge in [-0.2, -0.15) is 0 Å². The zero-order valence-electron chi connectivity index (χ0n) is 14.1. The van der Waals surface area contributed by atoms with Gasteiger partial charge in [-0.25, -0.2) is 0 Å². The monoisotopic (exact) mass is 345 g/mol. The number of carbonyl (C=O) groups is 1. The molecule has 0 aliphatic rings. The van der Waals surface area contributed by atoms with Crippen molar-refractivity contribution in [3.63, 3.8) is 0 Å². The normalized spacial score (nSPS) is 11.3. The molecule has 0 fully saturated rings. The maximum Gasteiger partial charge on any atom is 0.271 e. The average molecular weight is 345 g/mol. The Hall–Kier alpha value is -3.29. The van der Waals surface area contributed by atoms with Gasteiger partial charge in [0, 0.05) is 12.1 Å². The van der Waals surface area contributed by atoms with Gasteiger partial charge in [0.1, 0.15) is 17.5 Å². The first-order valence-corrected chi connectivity index (χ1v) is 7.49. The summed E-state index contributed by atoms with van der Waals surface area (Å²) in [4.78, 5) is 22.8. The number of hydrogen-bond donors (Lipinski definition) is 2. The third-order valence-electron chi connectivity index (χ3n) is 3.52. The van der Waals surface area contributed by atoms with Gasteiger partial charge in [-0.3, -0.25) is 14.9 Å². The van der Waals surface area contributed by atoms with E-state index in [0.717, 1.165) is 0 Å². The first-order valence-electron chi connectivity index (χ1n) is 7.49. The molecule has 1 atom stereocenters. The van der Waals surface area contributed by atoms with Gasteiger partial charge < -0.3 is 20.1 Å². The molecule has 0 saturated carbocycles. The number of amides is 1. The summed E-state index contributed by atoms with van der Waals surface area (Å²) in [6.45, 7) is 1.67. The van der Waals surface area contributed by atoms with Crippen LogP contribution in [0.2, 0.25) is 0 Å². The van der Waals surface area contributed by atoms with Gasteiger partial charge in [0.2, 0.25) is 5.91 Å². The Morgan fingerprint density at radius 1 is 1.08 bits per heavy atom. The smallest absolute Gasteiger partial charge is 0.271 e. The van der Waals surface area contributed by atoms with Crippen molar-refractivity contribution in [3.8, 4) is 11.5 Å². The van der Waals surface area contributed by atoms with Crippen molar-refractivity contribution < 1.29 is 19.2 Å². The number of para-hydroxylation sites is 2. The van der Waals surface area contributed by atoms with Crippen molar-refractivity contribution in [1.29, 1.82) is 0 Å². The summed E-state index contributed by atoms with van der Waals surface area (Å²) in [7, 11) is 2.96. The number of benzene rings is 2. The van der Waals surface area contributed by atoms with Crippen molar-refractivity contribution >= 4 is 23.0 Å². The van der Waals surface area contributed by atoms with Gasteiger partial charge in [0.25, 0.3) is 5.69 Å². The molecular weight excluding hydrogens is 326 g/mol. The Labute approximate surface area is 144 Å². The second kappa shape index (κ2) is 8.00. The molecule has 0 saturated heterocycles. The van der Waals surface area contributed by atoms with Crippen LogP contribution in [0, 0.1) is 10.1 Å². The molecule has 2 aromatic carbocycles. The molecule has 0 aliphatic heterocycles. The summed E-state index contributed by atoms with van der Waals surface area (Å²) in [6, 6.07) is 10.6. The fraction of sp³-hybridized carbons (Fsp3) is 0.235. The molecule has 0 aliphatic carbocycles. The van der Waals surface area contributed by atoms with Gasteiger partial charge in [0.15, 0.2) is 0 Å². The van der Waals surface area contributed by atoms with E-state index in [0.29, 0.717) is 17.2 Å². The van der Waals surface area contributed by atoms with E-state index in [4.69, 9.17) is 9.47 Å². The number of ether oxygens (including phenoxy) is 2. The largest absolute Gasteiger partial charge is 0.495 e. The third kappa shape index (κ3) is 4.37. The molecule has 8 nitrogen and oxygen atoms in total. The molecule has 1 amide bonds. The fourth-order valence-electron chi connectivity index (χ4n) is 2.21. The minimum absolute atomic E-state index is 0.138. The molecule has 2 aromatic rings. The summed E-state index contributed by atoms with van der Waals surface area (Å²) in [5, 5.41) is 16.6. The van der Waals surface area contributed by atoms with Crippen LogP contribution in [0.3, 0.4) is 0 Å². The fourth-order valence-corrected chi connectivity index (χ4v) is 2.21. The number of rotatable bonds is 7. The van der Waals surface area contributed by atoms with Crippen LogP contribution in [0.15, 0.2) is 42.5 Å². The molecule has 132 valence electrons. The van der Waals surface area contributed by atoms with E-state index in [2.05, 4.69) is 10.6 Å². The van der Waals surface area contributed by atoms with Crippen LogP contribution in [0.4, 0.5) is 17.1 Å². The Kier molecular flexibility index (Phi) is 5.78. The first-order chi connectivity index (χ1) is 12.0. The minimum Gasteiger partial charge on any atom is -0.495 e. The lowest BCUT2D eigenvalue weighted by Crippen LogP contribution is -2.32. The Bertz CT molecular complexity index is 779. The summed E-state index contributed by atoms with van der Waals surface area (Å²) < 4.78 is 10.4. The molecule has 0 radical (unpaired) electrons. The van der Waals surface area contributed by atoms with Crippen LogP contribution in [-0.2, 0) is 4.79 Å². The van der Waals surface area contributed by atoms with Crippen molar-refractivity contribution in [2.24, 2.45) is 0 Å². The van der Waals surface area contributed by atoms with Crippen LogP contribution >= 0.6 is 0 Å². The molecule has 25 heavy (non-hydrogen) atoms. The second-order valence-electron chi connectivity index (χ2n) is 5.20. The molecule has 2 N–H and O–H groups in total. The van der Waals surface area contributed by atoms with Gasteiger partial charge in [-0.1, -0.05) is 12.1 Å². The third-order valence-corrected chi connectivity index (χ3v) is 3.52. The minimum atomic E-state index is -0.611. The van der Waals surface area contributed by atoms with E-state index in [1.54, 1.807) is 26.2 Å². The van der Waals surface area contributed by atoms with Crippen LogP contribution in [0.1, 0.15) is 6.92 Å². The molecule has 0 spiro atoms. The molecule has 1 unspecified atom stereocenters.